The number of aromatic amines is 1. The number of H-pyrrole nitrogens is 1. The van der Waals surface area contributed by atoms with Gasteiger partial charge in [-0.1, -0.05) is 0 Å². The molecule has 7 heteroatoms. The summed E-state index contributed by atoms with van der Waals surface area (Å²) in [6.45, 7) is 3.30. The quantitative estimate of drug-likeness (QED) is 0.763. The number of carbonyl (C=O) groups is 1. The molecule has 130 valence electrons. The molecule has 0 unspecified atom stereocenters. The molecule has 1 atom stereocenters. The molecule has 1 saturated heterocycles. The highest BCUT2D eigenvalue weighted by Gasteiger charge is 2.20. The van der Waals surface area contributed by atoms with Crippen LogP contribution in [-0.2, 0) is 11.8 Å². The number of carbonyl (C=O) groups excluding carboxylic acids is 1. The van der Waals surface area contributed by atoms with Gasteiger partial charge in [0.1, 0.15) is 5.69 Å². The van der Waals surface area contributed by atoms with Gasteiger partial charge in [0.15, 0.2) is 0 Å². The van der Waals surface area contributed by atoms with Crippen molar-refractivity contribution in [1.29, 1.82) is 0 Å². The number of nitrogens with one attached hydrogen (secondary N) is 2. The van der Waals surface area contributed by atoms with Gasteiger partial charge < -0.3 is 10.1 Å². The second kappa shape index (κ2) is 6.33. The van der Waals surface area contributed by atoms with E-state index in [-0.39, 0.29) is 12.0 Å². The number of hydrogen-bond acceptors (Lipinski definition) is 4. The van der Waals surface area contributed by atoms with E-state index in [1.807, 2.05) is 32.4 Å². The third-order valence-corrected chi connectivity index (χ3v) is 4.63. The largest absolute Gasteiger partial charge is 0.376 e. The van der Waals surface area contributed by atoms with Crippen molar-refractivity contribution in [2.45, 2.75) is 25.9 Å². The fourth-order valence-corrected chi connectivity index (χ4v) is 3.30. The van der Waals surface area contributed by atoms with Crippen molar-refractivity contribution in [3.8, 4) is 11.1 Å². The van der Waals surface area contributed by atoms with Gasteiger partial charge in [-0.2, -0.15) is 10.2 Å². The Morgan fingerprint density at radius 1 is 1.44 bits per heavy atom. The van der Waals surface area contributed by atoms with Crippen LogP contribution in [0.5, 0.6) is 0 Å². The maximum absolute atomic E-state index is 12.6. The zero-order chi connectivity index (χ0) is 17.4. The third-order valence-electron chi connectivity index (χ3n) is 4.63. The van der Waals surface area contributed by atoms with E-state index in [2.05, 4.69) is 26.7 Å². The molecule has 1 aromatic carbocycles. The van der Waals surface area contributed by atoms with Crippen LogP contribution in [0.4, 0.5) is 0 Å². The van der Waals surface area contributed by atoms with Gasteiger partial charge in [0.25, 0.3) is 5.91 Å². The summed E-state index contributed by atoms with van der Waals surface area (Å²) >= 11 is 0. The summed E-state index contributed by atoms with van der Waals surface area (Å²) in [6, 6.07) is 4.05. The van der Waals surface area contributed by atoms with E-state index in [0.29, 0.717) is 12.2 Å². The molecule has 0 saturated carbocycles. The maximum atomic E-state index is 12.6. The van der Waals surface area contributed by atoms with Crippen LogP contribution in [0.15, 0.2) is 24.5 Å². The van der Waals surface area contributed by atoms with Crippen molar-refractivity contribution in [3.63, 3.8) is 0 Å². The lowest BCUT2D eigenvalue weighted by Crippen LogP contribution is -2.32. The highest BCUT2D eigenvalue weighted by molar-refractivity contribution is 6.06. The highest BCUT2D eigenvalue weighted by atomic mass is 16.5. The van der Waals surface area contributed by atoms with E-state index in [1.54, 1.807) is 4.68 Å². The van der Waals surface area contributed by atoms with Crippen molar-refractivity contribution in [2.24, 2.45) is 7.05 Å². The molecule has 0 bridgehead atoms. The Balaban J connectivity index is 1.64. The van der Waals surface area contributed by atoms with E-state index in [4.69, 9.17) is 4.74 Å². The first kappa shape index (κ1) is 15.8. The predicted octanol–water partition coefficient (Wildman–Crippen LogP) is 2.18. The number of fused-ring (bicyclic) bond motifs is 1. The molecule has 3 heterocycles. The van der Waals surface area contributed by atoms with Gasteiger partial charge in [-0.15, -0.1) is 0 Å². The normalized spacial score (nSPS) is 17.3. The van der Waals surface area contributed by atoms with Gasteiger partial charge in [-0.05, 0) is 43.0 Å². The summed E-state index contributed by atoms with van der Waals surface area (Å²) < 4.78 is 7.32. The topological polar surface area (TPSA) is 84.8 Å². The van der Waals surface area contributed by atoms with Crippen molar-refractivity contribution in [3.05, 3.63) is 35.8 Å². The van der Waals surface area contributed by atoms with Gasteiger partial charge >= 0.3 is 0 Å². The highest BCUT2D eigenvalue weighted by Crippen LogP contribution is 2.28. The Bertz CT molecular complexity index is 921. The molecule has 0 aliphatic carbocycles. The van der Waals surface area contributed by atoms with Crippen LogP contribution in [-0.4, -0.2) is 45.1 Å². The van der Waals surface area contributed by atoms with E-state index >= 15 is 0 Å². The molecule has 2 aromatic heterocycles. The fraction of sp³-hybridized carbons (Fsp3) is 0.389. The van der Waals surface area contributed by atoms with Gasteiger partial charge in [0, 0.05) is 37.3 Å². The Morgan fingerprint density at radius 2 is 2.32 bits per heavy atom. The number of ether oxygens (including phenoxy) is 1. The summed E-state index contributed by atoms with van der Waals surface area (Å²) in [4.78, 5) is 12.6. The second-order valence-corrected chi connectivity index (χ2v) is 6.54. The second-order valence-electron chi connectivity index (χ2n) is 6.54. The van der Waals surface area contributed by atoms with E-state index < -0.39 is 0 Å². The van der Waals surface area contributed by atoms with E-state index in [1.165, 1.54) is 0 Å². The lowest BCUT2D eigenvalue weighted by molar-refractivity contribution is 0.0855. The molecule has 1 aliphatic heterocycles. The van der Waals surface area contributed by atoms with Crippen LogP contribution in [0.25, 0.3) is 22.0 Å². The number of nitrogens with zero attached hydrogens (tertiary/aromatic N) is 3. The Hall–Kier alpha value is -2.67. The predicted molar refractivity (Wildman–Crippen MR) is 94.3 cm³/mol. The third kappa shape index (κ3) is 3.02. The van der Waals surface area contributed by atoms with Gasteiger partial charge in [-0.3, -0.25) is 14.6 Å². The number of aromatic nitrogens is 4. The van der Waals surface area contributed by atoms with Crippen molar-refractivity contribution in [2.75, 3.05) is 13.2 Å². The first-order valence-corrected chi connectivity index (χ1v) is 8.49. The Labute approximate surface area is 145 Å². The average molecular weight is 339 g/mol. The van der Waals surface area contributed by atoms with Crippen LogP contribution in [0, 0.1) is 6.92 Å². The number of aryl methyl sites for hydroxylation is 2. The monoisotopic (exact) mass is 339 g/mol. The Kier molecular flexibility index (Phi) is 4.01. The summed E-state index contributed by atoms with van der Waals surface area (Å²) in [5.41, 5.74) is 4.36. The van der Waals surface area contributed by atoms with Crippen molar-refractivity contribution >= 4 is 16.8 Å². The number of rotatable bonds is 4. The molecule has 1 aliphatic rings. The summed E-state index contributed by atoms with van der Waals surface area (Å²) in [5.74, 6) is -0.152. The van der Waals surface area contributed by atoms with Crippen LogP contribution in [0.2, 0.25) is 0 Å². The minimum atomic E-state index is -0.152. The van der Waals surface area contributed by atoms with Gasteiger partial charge in [0.05, 0.1) is 17.8 Å². The average Bonchev–Trinajstić information content (AvgIpc) is 3.32. The molecule has 0 spiro atoms. The lowest BCUT2D eigenvalue weighted by Gasteiger charge is -2.10. The minimum Gasteiger partial charge on any atom is -0.376 e. The van der Waals surface area contributed by atoms with Crippen LogP contribution >= 0.6 is 0 Å². The molecular formula is C18H21N5O2. The SMILES string of the molecule is Cc1cc(-c2cnn(C)c2)cc2c(C(=O)NC[C@H]3CCCO3)[nH]nc12. The summed E-state index contributed by atoms with van der Waals surface area (Å²) in [5, 5.41) is 15.2. The summed E-state index contributed by atoms with van der Waals surface area (Å²) in [6.07, 6.45) is 5.94. The van der Waals surface area contributed by atoms with Crippen LogP contribution < -0.4 is 5.32 Å². The van der Waals surface area contributed by atoms with Crippen LogP contribution in [0.1, 0.15) is 28.9 Å². The molecule has 25 heavy (non-hydrogen) atoms. The zero-order valence-electron chi connectivity index (χ0n) is 14.4. The number of hydrogen-bond donors (Lipinski definition) is 2. The molecule has 7 nitrogen and oxygen atoms in total. The molecule has 4 rings (SSSR count). The summed E-state index contributed by atoms with van der Waals surface area (Å²) in [7, 11) is 1.89. The van der Waals surface area contributed by atoms with E-state index in [9.17, 15) is 4.79 Å². The van der Waals surface area contributed by atoms with Gasteiger partial charge in [-0.25, -0.2) is 0 Å². The van der Waals surface area contributed by atoms with Crippen molar-refractivity contribution < 1.29 is 9.53 Å². The number of benzene rings is 1. The Morgan fingerprint density at radius 3 is 3.04 bits per heavy atom. The maximum Gasteiger partial charge on any atom is 0.270 e. The minimum absolute atomic E-state index is 0.117. The molecule has 2 N–H and O–H groups in total. The standard InChI is InChI=1S/C18H21N5O2/c1-11-6-12(13-8-20-23(2)10-13)7-15-16(11)21-22-17(15)18(24)19-9-14-4-3-5-25-14/h6-8,10,14H,3-5,9H2,1-2H3,(H,19,24)(H,21,22)/t14-/m1/s1. The first-order valence-electron chi connectivity index (χ1n) is 8.49. The van der Waals surface area contributed by atoms with Crippen LogP contribution in [0.3, 0.4) is 0 Å². The first-order chi connectivity index (χ1) is 12.1. The smallest absolute Gasteiger partial charge is 0.270 e. The molecule has 0 radical (unpaired) electrons. The molecule has 3 aromatic rings. The van der Waals surface area contributed by atoms with Crippen molar-refractivity contribution in [1.82, 2.24) is 25.3 Å². The molecule has 1 amide bonds. The van der Waals surface area contributed by atoms with E-state index in [0.717, 1.165) is 47.0 Å². The van der Waals surface area contributed by atoms with Gasteiger partial charge in [0.2, 0.25) is 0 Å². The lowest BCUT2D eigenvalue weighted by atomic mass is 10.0. The molecule has 1 fully saturated rings. The molecular weight excluding hydrogens is 318 g/mol. The fourth-order valence-electron chi connectivity index (χ4n) is 3.30. The number of amides is 1. The zero-order valence-corrected chi connectivity index (χ0v) is 14.4.